The number of hydrogen-bond acceptors (Lipinski definition) is 3. The second-order valence-electron chi connectivity index (χ2n) is 5.50. The van der Waals surface area contributed by atoms with Gasteiger partial charge < -0.3 is 15.4 Å². The second-order valence-corrected chi connectivity index (χ2v) is 5.50. The number of anilines is 1. The van der Waals surface area contributed by atoms with Crippen molar-refractivity contribution in [3.05, 3.63) is 29.8 Å². The molecule has 2 N–H and O–H groups in total. The first-order valence-corrected chi connectivity index (χ1v) is 6.28. The van der Waals surface area contributed by atoms with E-state index in [9.17, 15) is 4.79 Å². The van der Waals surface area contributed by atoms with E-state index >= 15 is 0 Å². The quantitative estimate of drug-likeness (QED) is 0.830. The molecule has 0 radical (unpaired) electrons. The summed E-state index contributed by atoms with van der Waals surface area (Å²) < 4.78 is 5.29. The number of rotatable bonds is 1. The third-order valence-corrected chi connectivity index (χ3v) is 2.78. The van der Waals surface area contributed by atoms with Crippen LogP contribution in [0.2, 0.25) is 0 Å². The molecule has 0 aliphatic carbocycles. The molecule has 0 aromatic heterocycles. The number of nitrogens with one attached hydrogen (secondary N) is 2. The number of halogens is 1. The molecule has 5 heteroatoms. The molecule has 4 nitrogen and oxygen atoms in total. The Morgan fingerprint density at radius 3 is 2.74 bits per heavy atom. The average Bonchev–Trinajstić information content (AvgIpc) is 2.27. The molecule has 0 spiro atoms. The summed E-state index contributed by atoms with van der Waals surface area (Å²) in [6.07, 6.45) is 0.514. The molecule has 1 aliphatic rings. The summed E-state index contributed by atoms with van der Waals surface area (Å²) in [6.45, 7) is 6.45. The van der Waals surface area contributed by atoms with Gasteiger partial charge in [-0.2, -0.15) is 0 Å². The highest BCUT2D eigenvalue weighted by Gasteiger charge is 2.24. The van der Waals surface area contributed by atoms with Crippen LogP contribution in [-0.4, -0.2) is 18.2 Å². The van der Waals surface area contributed by atoms with Gasteiger partial charge in [-0.05, 0) is 38.8 Å². The fourth-order valence-electron chi connectivity index (χ4n) is 2.07. The standard InChI is InChI=1S/C14H20N2O2.ClH/c1-14(2,3)18-13(17)16-12-8-9-15-11-7-5-4-6-10(11)12;/h4-7,12,15H,8-9H2,1-3H3,(H,16,17);1H. The molecule has 1 heterocycles. The molecule has 0 saturated heterocycles. The maximum absolute atomic E-state index is 11.8. The lowest BCUT2D eigenvalue weighted by Gasteiger charge is -2.28. The van der Waals surface area contributed by atoms with E-state index in [1.165, 1.54) is 0 Å². The van der Waals surface area contributed by atoms with Crippen molar-refractivity contribution in [2.45, 2.75) is 38.8 Å². The van der Waals surface area contributed by atoms with Crippen molar-refractivity contribution in [2.24, 2.45) is 0 Å². The summed E-state index contributed by atoms with van der Waals surface area (Å²) in [5.41, 5.74) is 1.75. The number of alkyl carbamates (subject to hydrolysis) is 1. The van der Waals surface area contributed by atoms with Crippen molar-refractivity contribution >= 4 is 24.2 Å². The van der Waals surface area contributed by atoms with E-state index in [4.69, 9.17) is 4.74 Å². The zero-order valence-corrected chi connectivity index (χ0v) is 12.3. The lowest BCUT2D eigenvalue weighted by Crippen LogP contribution is -2.37. The van der Waals surface area contributed by atoms with Crippen LogP contribution in [0.3, 0.4) is 0 Å². The molecule has 19 heavy (non-hydrogen) atoms. The molecular weight excluding hydrogens is 264 g/mol. The van der Waals surface area contributed by atoms with Crippen molar-refractivity contribution in [2.75, 3.05) is 11.9 Å². The van der Waals surface area contributed by atoms with Gasteiger partial charge >= 0.3 is 6.09 Å². The van der Waals surface area contributed by atoms with E-state index in [1.807, 2.05) is 45.0 Å². The van der Waals surface area contributed by atoms with Crippen LogP contribution in [-0.2, 0) is 4.74 Å². The number of carbonyl (C=O) groups is 1. The number of amides is 1. The highest BCUT2D eigenvalue weighted by molar-refractivity contribution is 5.85. The fourth-order valence-corrected chi connectivity index (χ4v) is 2.07. The van der Waals surface area contributed by atoms with E-state index in [-0.39, 0.29) is 24.5 Å². The lowest BCUT2D eigenvalue weighted by atomic mass is 9.98. The van der Waals surface area contributed by atoms with Gasteiger partial charge in [0.2, 0.25) is 0 Å². The molecule has 0 fully saturated rings. The SMILES string of the molecule is CC(C)(C)OC(=O)NC1CCNc2ccccc21.Cl. The number of ether oxygens (including phenoxy) is 1. The van der Waals surface area contributed by atoms with Crippen LogP contribution in [0.1, 0.15) is 38.8 Å². The first-order valence-electron chi connectivity index (χ1n) is 6.28. The number of benzene rings is 1. The highest BCUT2D eigenvalue weighted by Crippen LogP contribution is 2.29. The summed E-state index contributed by atoms with van der Waals surface area (Å²) >= 11 is 0. The molecule has 2 rings (SSSR count). The van der Waals surface area contributed by atoms with Crippen LogP contribution in [0.5, 0.6) is 0 Å². The predicted octanol–water partition coefficient (Wildman–Crippen LogP) is 3.49. The summed E-state index contributed by atoms with van der Waals surface area (Å²) in [6, 6.07) is 8.05. The van der Waals surface area contributed by atoms with Crippen LogP contribution in [0.4, 0.5) is 10.5 Å². The first-order chi connectivity index (χ1) is 8.46. The fraction of sp³-hybridized carbons (Fsp3) is 0.500. The van der Waals surface area contributed by atoms with Gasteiger partial charge in [-0.15, -0.1) is 12.4 Å². The maximum atomic E-state index is 11.8. The predicted molar refractivity (Wildman–Crippen MR) is 78.9 cm³/mol. The van der Waals surface area contributed by atoms with E-state index in [1.54, 1.807) is 0 Å². The third kappa shape index (κ3) is 4.31. The largest absolute Gasteiger partial charge is 0.444 e. The summed E-state index contributed by atoms with van der Waals surface area (Å²) in [5, 5.41) is 6.25. The molecule has 1 aliphatic heterocycles. The van der Waals surface area contributed by atoms with Crippen LogP contribution in [0.15, 0.2) is 24.3 Å². The molecule has 1 unspecified atom stereocenters. The molecule has 1 aromatic rings. The van der Waals surface area contributed by atoms with Crippen molar-refractivity contribution in [1.29, 1.82) is 0 Å². The average molecular weight is 285 g/mol. The first kappa shape index (κ1) is 15.6. The second kappa shape index (κ2) is 6.15. The normalized spacial score (nSPS) is 17.5. The zero-order chi connectivity index (χ0) is 13.2. The van der Waals surface area contributed by atoms with Crippen molar-refractivity contribution in [3.63, 3.8) is 0 Å². The Labute approximate surface area is 120 Å². The molecular formula is C14H21ClN2O2. The summed E-state index contributed by atoms with van der Waals surface area (Å²) in [4.78, 5) is 11.8. The molecule has 1 aromatic carbocycles. The molecule has 1 atom stereocenters. The van der Waals surface area contributed by atoms with Crippen LogP contribution in [0.25, 0.3) is 0 Å². The van der Waals surface area contributed by atoms with Gasteiger partial charge in [0.25, 0.3) is 0 Å². The Morgan fingerprint density at radius 2 is 2.05 bits per heavy atom. The van der Waals surface area contributed by atoms with Gasteiger partial charge in [-0.3, -0.25) is 0 Å². The highest BCUT2D eigenvalue weighted by atomic mass is 35.5. The minimum Gasteiger partial charge on any atom is -0.444 e. The van der Waals surface area contributed by atoms with Gasteiger partial charge in [0, 0.05) is 12.2 Å². The van der Waals surface area contributed by atoms with Gasteiger partial charge in [0.1, 0.15) is 5.60 Å². The minimum atomic E-state index is -0.462. The van der Waals surface area contributed by atoms with E-state index in [0.717, 1.165) is 24.2 Å². The Balaban J connectivity index is 0.00000180. The Kier molecular flexibility index (Phi) is 5.06. The van der Waals surface area contributed by atoms with Gasteiger partial charge in [0.15, 0.2) is 0 Å². The van der Waals surface area contributed by atoms with Crippen LogP contribution < -0.4 is 10.6 Å². The monoisotopic (exact) mass is 284 g/mol. The topological polar surface area (TPSA) is 50.4 Å². The Hall–Kier alpha value is -1.42. The minimum absolute atomic E-state index is 0. The maximum Gasteiger partial charge on any atom is 0.408 e. The molecule has 1 amide bonds. The van der Waals surface area contributed by atoms with Crippen molar-refractivity contribution in [3.8, 4) is 0 Å². The third-order valence-electron chi connectivity index (χ3n) is 2.78. The van der Waals surface area contributed by atoms with E-state index in [0.29, 0.717) is 0 Å². The molecule has 106 valence electrons. The Morgan fingerprint density at radius 1 is 1.37 bits per heavy atom. The molecule has 0 saturated carbocycles. The van der Waals surface area contributed by atoms with E-state index < -0.39 is 5.60 Å². The number of fused-ring (bicyclic) bond motifs is 1. The van der Waals surface area contributed by atoms with Crippen molar-refractivity contribution < 1.29 is 9.53 Å². The van der Waals surface area contributed by atoms with E-state index in [2.05, 4.69) is 10.6 Å². The van der Waals surface area contributed by atoms with Gasteiger partial charge in [-0.1, -0.05) is 18.2 Å². The summed E-state index contributed by atoms with van der Waals surface area (Å²) in [5.74, 6) is 0. The smallest absolute Gasteiger partial charge is 0.408 e. The van der Waals surface area contributed by atoms with Crippen LogP contribution in [0, 0.1) is 0 Å². The Bertz CT molecular complexity index is 443. The van der Waals surface area contributed by atoms with Gasteiger partial charge in [0.05, 0.1) is 6.04 Å². The summed E-state index contributed by atoms with van der Waals surface area (Å²) in [7, 11) is 0. The lowest BCUT2D eigenvalue weighted by molar-refractivity contribution is 0.0501. The molecule has 0 bridgehead atoms. The number of para-hydroxylation sites is 1. The van der Waals surface area contributed by atoms with Crippen LogP contribution >= 0.6 is 12.4 Å². The zero-order valence-electron chi connectivity index (χ0n) is 11.5. The number of carbonyl (C=O) groups excluding carboxylic acids is 1. The number of hydrogen-bond donors (Lipinski definition) is 2. The van der Waals surface area contributed by atoms with Gasteiger partial charge in [-0.25, -0.2) is 4.79 Å². The van der Waals surface area contributed by atoms with Crippen molar-refractivity contribution in [1.82, 2.24) is 5.32 Å².